The minimum Gasteiger partial charge on any atom is -0.497 e. The number of rotatable bonds is 12. The zero-order valence-corrected chi connectivity index (χ0v) is 25.6. The predicted molar refractivity (Wildman–Crippen MR) is 163 cm³/mol. The molecule has 3 aromatic carbocycles. The Morgan fingerprint density at radius 2 is 1.54 bits per heavy atom. The molecular weight excluding hydrogens is 538 g/mol. The summed E-state index contributed by atoms with van der Waals surface area (Å²) in [5.41, 5.74) is 1.83. The molecule has 0 aliphatic carbocycles. The van der Waals surface area contributed by atoms with Crippen LogP contribution in [0.4, 0.5) is 5.69 Å². The molecule has 41 heavy (non-hydrogen) atoms. The number of hydrogen-bond acceptors (Lipinski definition) is 5. The van der Waals surface area contributed by atoms with Gasteiger partial charge in [0.25, 0.3) is 10.0 Å². The largest absolute Gasteiger partial charge is 0.497 e. The summed E-state index contributed by atoms with van der Waals surface area (Å²) in [6.07, 6.45) is 0.889. The van der Waals surface area contributed by atoms with Crippen LogP contribution in [-0.2, 0) is 26.0 Å². The van der Waals surface area contributed by atoms with Crippen molar-refractivity contribution in [3.8, 4) is 5.75 Å². The molecule has 2 amide bonds. The quantitative estimate of drug-likeness (QED) is 0.327. The molecule has 0 radical (unpaired) electrons. The van der Waals surface area contributed by atoms with Crippen LogP contribution in [0.3, 0.4) is 0 Å². The lowest BCUT2D eigenvalue weighted by atomic mass is 10.1. The highest BCUT2D eigenvalue weighted by atomic mass is 32.2. The average Bonchev–Trinajstić information content (AvgIpc) is 2.94. The number of benzene rings is 3. The normalized spacial score (nSPS) is 12.3. The summed E-state index contributed by atoms with van der Waals surface area (Å²) in [6, 6.07) is 21.9. The van der Waals surface area contributed by atoms with E-state index in [1.807, 2.05) is 65.0 Å². The van der Waals surface area contributed by atoms with Gasteiger partial charge in [-0.05, 0) is 82.5 Å². The van der Waals surface area contributed by atoms with Crippen molar-refractivity contribution < 1.29 is 22.7 Å². The van der Waals surface area contributed by atoms with Gasteiger partial charge in [0.2, 0.25) is 11.8 Å². The number of hydrogen-bond donors (Lipinski definition) is 1. The van der Waals surface area contributed by atoms with Crippen molar-refractivity contribution in [3.63, 3.8) is 0 Å². The van der Waals surface area contributed by atoms with E-state index in [0.29, 0.717) is 24.3 Å². The Morgan fingerprint density at radius 1 is 0.927 bits per heavy atom. The fourth-order valence-corrected chi connectivity index (χ4v) is 5.88. The maximum Gasteiger partial charge on any atom is 0.264 e. The lowest BCUT2D eigenvalue weighted by molar-refractivity contribution is -0.140. The van der Waals surface area contributed by atoms with Crippen LogP contribution in [0.2, 0.25) is 0 Å². The second-order valence-corrected chi connectivity index (χ2v) is 12.9. The Labute approximate surface area is 244 Å². The maximum absolute atomic E-state index is 14.1. The van der Waals surface area contributed by atoms with Gasteiger partial charge in [-0.25, -0.2) is 8.42 Å². The molecule has 0 fully saturated rings. The van der Waals surface area contributed by atoms with Gasteiger partial charge in [0.05, 0.1) is 17.7 Å². The lowest BCUT2D eigenvalue weighted by Gasteiger charge is -2.34. The summed E-state index contributed by atoms with van der Waals surface area (Å²) < 4.78 is 34.2. The second-order valence-electron chi connectivity index (χ2n) is 11.0. The molecule has 0 aromatic heterocycles. The number of nitrogens with zero attached hydrogens (tertiary/aromatic N) is 2. The first-order chi connectivity index (χ1) is 19.4. The predicted octanol–water partition coefficient (Wildman–Crippen LogP) is 4.96. The molecule has 0 unspecified atom stereocenters. The fourth-order valence-electron chi connectivity index (χ4n) is 4.46. The summed E-state index contributed by atoms with van der Waals surface area (Å²) in [5, 5.41) is 2.99. The first-order valence-corrected chi connectivity index (χ1v) is 15.2. The first kappa shape index (κ1) is 31.7. The van der Waals surface area contributed by atoms with Crippen molar-refractivity contribution in [1.29, 1.82) is 0 Å². The van der Waals surface area contributed by atoms with Crippen molar-refractivity contribution >= 4 is 27.5 Å². The number of amides is 2. The van der Waals surface area contributed by atoms with Gasteiger partial charge in [0.1, 0.15) is 18.3 Å². The Kier molecular flexibility index (Phi) is 10.6. The van der Waals surface area contributed by atoms with Crippen LogP contribution < -0.4 is 14.4 Å². The number of carbonyl (C=O) groups excluding carboxylic acids is 2. The Bertz CT molecular complexity index is 1400. The molecule has 1 atom stereocenters. The van der Waals surface area contributed by atoms with Crippen molar-refractivity contribution in [2.45, 2.75) is 63.9 Å². The van der Waals surface area contributed by atoms with Crippen LogP contribution in [-0.4, -0.2) is 56.9 Å². The van der Waals surface area contributed by atoms with E-state index < -0.39 is 34.1 Å². The van der Waals surface area contributed by atoms with Crippen LogP contribution in [0.15, 0.2) is 83.8 Å². The Balaban J connectivity index is 2.01. The van der Waals surface area contributed by atoms with Crippen LogP contribution >= 0.6 is 0 Å². The van der Waals surface area contributed by atoms with Crippen molar-refractivity contribution in [1.82, 2.24) is 10.2 Å². The third-order valence-electron chi connectivity index (χ3n) is 6.62. The highest BCUT2D eigenvalue weighted by Crippen LogP contribution is 2.26. The van der Waals surface area contributed by atoms with Crippen LogP contribution in [0, 0.1) is 6.92 Å². The van der Waals surface area contributed by atoms with Crippen LogP contribution in [0.5, 0.6) is 5.75 Å². The van der Waals surface area contributed by atoms with Crippen molar-refractivity contribution in [3.05, 3.63) is 90.0 Å². The molecule has 3 aromatic rings. The van der Waals surface area contributed by atoms with E-state index in [-0.39, 0.29) is 17.3 Å². The number of anilines is 1. The summed E-state index contributed by atoms with van der Waals surface area (Å²) in [6.45, 7) is 9.19. The molecule has 0 heterocycles. The highest BCUT2D eigenvalue weighted by molar-refractivity contribution is 7.92. The molecule has 0 spiro atoms. The van der Waals surface area contributed by atoms with E-state index in [4.69, 9.17) is 4.74 Å². The van der Waals surface area contributed by atoms with E-state index in [2.05, 4.69) is 5.32 Å². The van der Waals surface area contributed by atoms with Gasteiger partial charge < -0.3 is 15.0 Å². The SMILES string of the molecule is CC[C@H](C(=O)NC(C)(C)C)N(CCc1ccccc1)C(=O)CN(c1ccc(C)cc1)S(=O)(=O)c1ccc(OC)cc1. The number of nitrogens with one attached hydrogen (secondary N) is 1. The minimum absolute atomic E-state index is 0.0278. The van der Waals surface area contributed by atoms with Crippen LogP contribution in [0.1, 0.15) is 45.2 Å². The first-order valence-electron chi connectivity index (χ1n) is 13.7. The van der Waals surface area contributed by atoms with E-state index in [9.17, 15) is 18.0 Å². The van der Waals surface area contributed by atoms with E-state index in [0.717, 1.165) is 15.4 Å². The summed E-state index contributed by atoms with van der Waals surface area (Å²) in [5.74, 6) is -0.222. The fraction of sp³-hybridized carbons (Fsp3) is 0.375. The molecule has 9 heteroatoms. The van der Waals surface area contributed by atoms with Gasteiger partial charge in [-0.3, -0.25) is 13.9 Å². The third-order valence-corrected chi connectivity index (χ3v) is 8.40. The molecule has 0 aliphatic heterocycles. The lowest BCUT2D eigenvalue weighted by Crippen LogP contribution is -2.56. The molecule has 3 rings (SSSR count). The summed E-state index contributed by atoms with van der Waals surface area (Å²) >= 11 is 0. The minimum atomic E-state index is -4.14. The summed E-state index contributed by atoms with van der Waals surface area (Å²) in [4.78, 5) is 29.0. The zero-order chi connectivity index (χ0) is 30.2. The van der Waals surface area contributed by atoms with Gasteiger partial charge >= 0.3 is 0 Å². The molecule has 0 aliphatic rings. The Hall–Kier alpha value is -3.85. The molecule has 1 N–H and O–H groups in total. The molecule has 0 saturated carbocycles. The molecular formula is C32H41N3O5S. The van der Waals surface area contributed by atoms with E-state index in [1.54, 1.807) is 36.4 Å². The monoisotopic (exact) mass is 579 g/mol. The number of methoxy groups -OCH3 is 1. The van der Waals surface area contributed by atoms with Crippen molar-refractivity contribution in [2.75, 3.05) is 24.5 Å². The van der Waals surface area contributed by atoms with Crippen molar-refractivity contribution in [2.24, 2.45) is 0 Å². The molecule has 0 bridgehead atoms. The van der Waals surface area contributed by atoms with Gasteiger partial charge in [0, 0.05) is 12.1 Å². The average molecular weight is 580 g/mol. The molecule has 8 nitrogen and oxygen atoms in total. The van der Waals surface area contributed by atoms with Crippen LogP contribution in [0.25, 0.3) is 0 Å². The van der Waals surface area contributed by atoms with Gasteiger partial charge in [-0.1, -0.05) is 55.0 Å². The molecule has 220 valence electrons. The maximum atomic E-state index is 14.1. The van der Waals surface area contributed by atoms with E-state index >= 15 is 0 Å². The van der Waals surface area contributed by atoms with Gasteiger partial charge in [-0.15, -0.1) is 0 Å². The molecule has 0 saturated heterocycles. The number of ether oxygens (including phenoxy) is 1. The van der Waals surface area contributed by atoms with E-state index in [1.165, 1.54) is 24.1 Å². The van der Waals surface area contributed by atoms with Gasteiger partial charge in [-0.2, -0.15) is 0 Å². The number of carbonyl (C=O) groups is 2. The topological polar surface area (TPSA) is 96.0 Å². The highest BCUT2D eigenvalue weighted by Gasteiger charge is 2.34. The van der Waals surface area contributed by atoms with Gasteiger partial charge in [0.15, 0.2) is 0 Å². The zero-order valence-electron chi connectivity index (χ0n) is 24.8. The smallest absolute Gasteiger partial charge is 0.264 e. The Morgan fingerprint density at radius 3 is 2.07 bits per heavy atom. The number of sulfonamides is 1. The third kappa shape index (κ3) is 8.57. The number of aryl methyl sites for hydroxylation is 1. The standard InChI is InChI=1S/C32H41N3O5S/c1-7-29(31(37)33-32(3,4)5)34(22-21-25-11-9-8-10-12-25)30(36)23-35(26-15-13-24(2)14-16-26)41(38,39)28-19-17-27(40-6)18-20-28/h8-20,29H,7,21-23H2,1-6H3,(H,33,37)/t29-/m1/s1. The summed E-state index contributed by atoms with van der Waals surface area (Å²) in [7, 11) is -2.63. The second kappa shape index (κ2) is 13.7.